The summed E-state index contributed by atoms with van der Waals surface area (Å²) in [4.78, 5) is 0. The standard InChI is InChI=1S/C10H17NO/c1-9(2)4-5-10(3)8-11-6-7-12-10/h9,11H,6-8H2,1-3H3/t10-/m1/s1. The van der Waals surface area contributed by atoms with E-state index in [1.165, 1.54) is 0 Å². The van der Waals surface area contributed by atoms with E-state index < -0.39 is 0 Å². The van der Waals surface area contributed by atoms with Gasteiger partial charge in [-0.05, 0) is 6.92 Å². The van der Waals surface area contributed by atoms with E-state index in [4.69, 9.17) is 4.74 Å². The van der Waals surface area contributed by atoms with Gasteiger partial charge in [-0.25, -0.2) is 0 Å². The van der Waals surface area contributed by atoms with E-state index in [2.05, 4.69) is 31.0 Å². The van der Waals surface area contributed by atoms with E-state index >= 15 is 0 Å². The molecule has 0 aromatic rings. The Bertz CT molecular complexity index is 194. The van der Waals surface area contributed by atoms with Crippen molar-refractivity contribution in [2.45, 2.75) is 26.4 Å². The van der Waals surface area contributed by atoms with Gasteiger partial charge in [0, 0.05) is 19.0 Å². The molecule has 1 fully saturated rings. The zero-order valence-corrected chi connectivity index (χ0v) is 8.11. The van der Waals surface area contributed by atoms with Crippen molar-refractivity contribution in [2.75, 3.05) is 19.7 Å². The highest BCUT2D eigenvalue weighted by molar-refractivity contribution is 5.15. The molecular weight excluding hydrogens is 150 g/mol. The van der Waals surface area contributed by atoms with Crippen molar-refractivity contribution >= 4 is 0 Å². The molecule has 12 heavy (non-hydrogen) atoms. The number of hydrogen-bond donors (Lipinski definition) is 1. The van der Waals surface area contributed by atoms with Crippen LogP contribution < -0.4 is 5.32 Å². The summed E-state index contributed by atoms with van der Waals surface area (Å²) in [5.41, 5.74) is -0.261. The van der Waals surface area contributed by atoms with Gasteiger partial charge in [0.1, 0.15) is 5.60 Å². The lowest BCUT2D eigenvalue weighted by Crippen LogP contribution is -2.46. The minimum absolute atomic E-state index is 0.261. The Labute approximate surface area is 74.7 Å². The fourth-order valence-corrected chi connectivity index (χ4v) is 1.10. The molecule has 2 nitrogen and oxygen atoms in total. The quantitative estimate of drug-likeness (QED) is 0.544. The zero-order valence-electron chi connectivity index (χ0n) is 8.11. The molecule has 1 rings (SSSR count). The summed E-state index contributed by atoms with van der Waals surface area (Å²) in [5, 5.41) is 3.27. The molecule has 1 atom stereocenters. The zero-order chi connectivity index (χ0) is 9.03. The van der Waals surface area contributed by atoms with Gasteiger partial charge < -0.3 is 10.1 Å². The van der Waals surface area contributed by atoms with Gasteiger partial charge in [0.15, 0.2) is 0 Å². The fraction of sp³-hybridized carbons (Fsp3) is 0.800. The van der Waals surface area contributed by atoms with Crippen LogP contribution in [0.3, 0.4) is 0 Å². The Kier molecular flexibility index (Phi) is 3.13. The Hall–Kier alpha value is -0.520. The van der Waals surface area contributed by atoms with Crippen LogP contribution in [-0.2, 0) is 4.74 Å². The second kappa shape index (κ2) is 3.93. The lowest BCUT2D eigenvalue weighted by molar-refractivity contribution is -0.00991. The molecule has 1 heterocycles. The number of hydrogen-bond acceptors (Lipinski definition) is 2. The average Bonchev–Trinajstić information content (AvgIpc) is 2.03. The highest BCUT2D eigenvalue weighted by Gasteiger charge is 2.24. The summed E-state index contributed by atoms with van der Waals surface area (Å²) >= 11 is 0. The van der Waals surface area contributed by atoms with Crippen molar-refractivity contribution in [1.82, 2.24) is 5.32 Å². The summed E-state index contributed by atoms with van der Waals surface area (Å²) in [7, 11) is 0. The molecule has 0 aliphatic carbocycles. The van der Waals surface area contributed by atoms with Gasteiger partial charge in [-0.1, -0.05) is 25.7 Å². The lowest BCUT2D eigenvalue weighted by Gasteiger charge is -2.29. The molecule has 0 radical (unpaired) electrons. The Morgan fingerprint density at radius 2 is 2.25 bits per heavy atom. The smallest absolute Gasteiger partial charge is 0.138 e. The van der Waals surface area contributed by atoms with E-state index in [1.54, 1.807) is 0 Å². The summed E-state index contributed by atoms with van der Waals surface area (Å²) in [5.74, 6) is 6.73. The lowest BCUT2D eigenvalue weighted by atomic mass is 10.1. The average molecular weight is 167 g/mol. The van der Waals surface area contributed by atoms with Crippen LogP contribution in [0.25, 0.3) is 0 Å². The van der Waals surface area contributed by atoms with Crippen LogP contribution in [0.5, 0.6) is 0 Å². The van der Waals surface area contributed by atoms with E-state index in [0.29, 0.717) is 5.92 Å². The van der Waals surface area contributed by atoms with Gasteiger partial charge in [0.2, 0.25) is 0 Å². The number of rotatable bonds is 0. The molecule has 1 aliphatic rings. The van der Waals surface area contributed by atoms with Gasteiger partial charge in [0.25, 0.3) is 0 Å². The minimum Gasteiger partial charge on any atom is -0.360 e. The highest BCUT2D eigenvalue weighted by atomic mass is 16.5. The van der Waals surface area contributed by atoms with Crippen LogP contribution in [-0.4, -0.2) is 25.3 Å². The highest BCUT2D eigenvalue weighted by Crippen LogP contribution is 2.10. The van der Waals surface area contributed by atoms with E-state index in [-0.39, 0.29) is 5.60 Å². The molecule has 0 unspecified atom stereocenters. The normalized spacial score (nSPS) is 29.7. The summed E-state index contributed by atoms with van der Waals surface area (Å²) in [6.07, 6.45) is 0. The van der Waals surface area contributed by atoms with Gasteiger partial charge in [-0.3, -0.25) is 0 Å². The number of morpholine rings is 1. The predicted octanol–water partition coefficient (Wildman–Crippen LogP) is 1.02. The molecule has 0 saturated carbocycles. The largest absolute Gasteiger partial charge is 0.360 e. The van der Waals surface area contributed by atoms with Crippen LogP contribution in [0.15, 0.2) is 0 Å². The van der Waals surface area contributed by atoms with E-state index in [9.17, 15) is 0 Å². The van der Waals surface area contributed by atoms with Crippen molar-refractivity contribution in [3.63, 3.8) is 0 Å². The SMILES string of the molecule is CC(C)C#C[C@]1(C)CNCCO1. The maximum absolute atomic E-state index is 5.58. The topological polar surface area (TPSA) is 21.3 Å². The monoisotopic (exact) mass is 167 g/mol. The van der Waals surface area contributed by atoms with Gasteiger partial charge in [0.05, 0.1) is 6.61 Å². The van der Waals surface area contributed by atoms with Crippen molar-refractivity contribution in [1.29, 1.82) is 0 Å². The van der Waals surface area contributed by atoms with Crippen LogP contribution >= 0.6 is 0 Å². The number of nitrogens with one attached hydrogen (secondary N) is 1. The second-order valence-electron chi connectivity index (χ2n) is 3.68. The van der Waals surface area contributed by atoms with Gasteiger partial charge >= 0.3 is 0 Å². The molecule has 0 aromatic carbocycles. The first kappa shape index (κ1) is 9.57. The molecule has 0 bridgehead atoms. The van der Waals surface area contributed by atoms with Crippen molar-refractivity contribution in [3.8, 4) is 11.8 Å². The second-order valence-corrected chi connectivity index (χ2v) is 3.68. The molecular formula is C10H17NO. The Morgan fingerprint density at radius 3 is 2.75 bits per heavy atom. The molecule has 1 aliphatic heterocycles. The summed E-state index contributed by atoms with van der Waals surface area (Å²) in [6.45, 7) is 8.77. The third-order valence-electron chi connectivity index (χ3n) is 1.79. The molecule has 0 amide bonds. The first-order valence-electron chi connectivity index (χ1n) is 4.50. The summed E-state index contributed by atoms with van der Waals surface area (Å²) < 4.78 is 5.58. The molecule has 2 heteroatoms. The Morgan fingerprint density at radius 1 is 1.50 bits per heavy atom. The van der Waals surface area contributed by atoms with Crippen molar-refractivity contribution in [3.05, 3.63) is 0 Å². The molecule has 1 N–H and O–H groups in total. The van der Waals surface area contributed by atoms with Gasteiger partial charge in [-0.2, -0.15) is 0 Å². The third-order valence-corrected chi connectivity index (χ3v) is 1.79. The molecule has 0 aromatic heterocycles. The summed E-state index contributed by atoms with van der Waals surface area (Å²) in [6, 6.07) is 0. The van der Waals surface area contributed by atoms with Crippen LogP contribution in [0.1, 0.15) is 20.8 Å². The van der Waals surface area contributed by atoms with Gasteiger partial charge in [-0.15, -0.1) is 0 Å². The molecule has 1 saturated heterocycles. The Balaban J connectivity index is 2.53. The first-order valence-corrected chi connectivity index (χ1v) is 4.50. The maximum atomic E-state index is 5.58. The molecule has 0 spiro atoms. The van der Waals surface area contributed by atoms with Crippen LogP contribution in [0.2, 0.25) is 0 Å². The third kappa shape index (κ3) is 2.84. The first-order chi connectivity index (χ1) is 5.62. The van der Waals surface area contributed by atoms with Crippen molar-refractivity contribution < 1.29 is 4.74 Å². The number of ether oxygens (including phenoxy) is 1. The van der Waals surface area contributed by atoms with Crippen molar-refractivity contribution in [2.24, 2.45) is 5.92 Å². The fourth-order valence-electron chi connectivity index (χ4n) is 1.10. The maximum Gasteiger partial charge on any atom is 0.138 e. The van der Waals surface area contributed by atoms with Crippen LogP contribution in [0, 0.1) is 17.8 Å². The predicted molar refractivity (Wildman–Crippen MR) is 49.8 cm³/mol. The van der Waals surface area contributed by atoms with E-state index in [1.807, 2.05) is 6.92 Å². The minimum atomic E-state index is -0.261. The van der Waals surface area contributed by atoms with Crippen LogP contribution in [0.4, 0.5) is 0 Å². The molecule has 68 valence electrons. The van der Waals surface area contributed by atoms with E-state index in [0.717, 1.165) is 19.7 Å².